The first-order valence-corrected chi connectivity index (χ1v) is 6.67. The van der Waals surface area contributed by atoms with Gasteiger partial charge in [0.1, 0.15) is 0 Å². The number of hydrogen-bond acceptors (Lipinski definition) is 3. The number of nitrogens with zero attached hydrogens (tertiary/aromatic N) is 1. The largest absolute Gasteiger partial charge is 0.311 e. The molecule has 1 N–H and O–H groups in total. The zero-order valence-corrected chi connectivity index (χ0v) is 10.4. The summed E-state index contributed by atoms with van der Waals surface area (Å²) in [5.41, 5.74) is 0. The number of rotatable bonds is 3. The molecule has 0 radical (unpaired) electrons. The Bertz CT molecular complexity index is 284. The fourth-order valence-electron chi connectivity index (χ4n) is 2.09. The summed E-state index contributed by atoms with van der Waals surface area (Å²) in [7, 11) is 0. The molecule has 0 saturated carbocycles. The van der Waals surface area contributed by atoms with E-state index >= 15 is 0 Å². The van der Waals surface area contributed by atoms with Gasteiger partial charge < -0.3 is 5.32 Å². The minimum Gasteiger partial charge on any atom is -0.311 e. The van der Waals surface area contributed by atoms with Crippen molar-refractivity contribution in [3.8, 4) is 0 Å². The maximum Gasteiger partial charge on any atom is 0.0331 e. The molecule has 84 valence electrons. The van der Waals surface area contributed by atoms with E-state index < -0.39 is 0 Å². The van der Waals surface area contributed by atoms with E-state index in [1.807, 2.05) is 11.3 Å². The normalized spacial score (nSPS) is 28.1. The van der Waals surface area contributed by atoms with Crippen LogP contribution in [0.4, 0.5) is 0 Å². The summed E-state index contributed by atoms with van der Waals surface area (Å²) in [6, 6.07) is 5.72. The van der Waals surface area contributed by atoms with E-state index in [9.17, 15) is 0 Å². The van der Waals surface area contributed by atoms with Gasteiger partial charge in [-0.3, -0.25) is 4.90 Å². The molecule has 0 bridgehead atoms. The topological polar surface area (TPSA) is 15.3 Å². The van der Waals surface area contributed by atoms with Gasteiger partial charge in [-0.25, -0.2) is 0 Å². The Morgan fingerprint density at radius 3 is 3.13 bits per heavy atom. The van der Waals surface area contributed by atoms with Gasteiger partial charge in [-0.15, -0.1) is 11.3 Å². The van der Waals surface area contributed by atoms with Crippen LogP contribution in [0, 0.1) is 0 Å². The van der Waals surface area contributed by atoms with Crippen LogP contribution in [-0.2, 0) is 6.54 Å². The van der Waals surface area contributed by atoms with Gasteiger partial charge in [-0.2, -0.15) is 0 Å². The average Bonchev–Trinajstić information content (AvgIpc) is 2.74. The van der Waals surface area contributed by atoms with E-state index in [4.69, 9.17) is 0 Å². The smallest absolute Gasteiger partial charge is 0.0331 e. The Balaban J connectivity index is 1.94. The van der Waals surface area contributed by atoms with E-state index in [2.05, 4.69) is 41.6 Å². The van der Waals surface area contributed by atoms with Crippen molar-refractivity contribution in [1.82, 2.24) is 10.2 Å². The summed E-state index contributed by atoms with van der Waals surface area (Å²) < 4.78 is 0. The second-order valence-electron chi connectivity index (χ2n) is 4.37. The molecular formula is C12H20N2S. The van der Waals surface area contributed by atoms with Crippen LogP contribution >= 0.6 is 11.3 Å². The molecule has 2 nitrogen and oxygen atoms in total. The second kappa shape index (κ2) is 5.10. The fraction of sp³-hybridized carbons (Fsp3) is 0.667. The van der Waals surface area contributed by atoms with Crippen molar-refractivity contribution in [1.29, 1.82) is 0 Å². The first-order chi connectivity index (χ1) is 7.29. The number of nitrogens with one attached hydrogen (secondary N) is 1. The van der Waals surface area contributed by atoms with Gasteiger partial charge in [-0.1, -0.05) is 13.0 Å². The van der Waals surface area contributed by atoms with Crippen LogP contribution in [0.3, 0.4) is 0 Å². The van der Waals surface area contributed by atoms with Gasteiger partial charge in [0, 0.05) is 36.6 Å². The van der Waals surface area contributed by atoms with Crippen molar-refractivity contribution in [2.75, 3.05) is 13.1 Å². The average molecular weight is 224 g/mol. The maximum atomic E-state index is 3.59. The standard InChI is InChI=1S/C12H20N2S/c1-3-11-8-14(10(2)7-13-11)9-12-5-4-6-15-12/h4-6,10-11,13H,3,7-9H2,1-2H3. The minimum atomic E-state index is 0.662. The highest BCUT2D eigenvalue weighted by Gasteiger charge is 2.23. The first-order valence-electron chi connectivity index (χ1n) is 5.79. The van der Waals surface area contributed by atoms with Crippen molar-refractivity contribution in [3.05, 3.63) is 22.4 Å². The maximum absolute atomic E-state index is 3.59. The van der Waals surface area contributed by atoms with Crippen LogP contribution in [0.15, 0.2) is 17.5 Å². The molecule has 2 heterocycles. The molecule has 1 aromatic heterocycles. The van der Waals surface area contributed by atoms with Crippen LogP contribution in [0.5, 0.6) is 0 Å². The molecule has 1 fully saturated rings. The molecule has 2 atom stereocenters. The summed E-state index contributed by atoms with van der Waals surface area (Å²) in [5.74, 6) is 0. The van der Waals surface area contributed by atoms with E-state index in [0.29, 0.717) is 12.1 Å². The summed E-state index contributed by atoms with van der Waals surface area (Å²) in [6.07, 6.45) is 1.23. The van der Waals surface area contributed by atoms with Gasteiger partial charge in [0.25, 0.3) is 0 Å². The van der Waals surface area contributed by atoms with Crippen LogP contribution < -0.4 is 5.32 Å². The van der Waals surface area contributed by atoms with Gasteiger partial charge in [0.2, 0.25) is 0 Å². The number of hydrogen-bond donors (Lipinski definition) is 1. The molecule has 2 rings (SSSR count). The fourth-order valence-corrected chi connectivity index (χ4v) is 2.82. The number of piperazine rings is 1. The Hall–Kier alpha value is -0.380. The molecule has 15 heavy (non-hydrogen) atoms. The Labute approximate surface area is 96.3 Å². The summed E-state index contributed by atoms with van der Waals surface area (Å²) >= 11 is 1.87. The highest BCUT2D eigenvalue weighted by atomic mass is 32.1. The van der Waals surface area contributed by atoms with Crippen LogP contribution in [-0.4, -0.2) is 30.1 Å². The van der Waals surface area contributed by atoms with E-state index in [0.717, 1.165) is 13.1 Å². The molecule has 1 aliphatic heterocycles. The van der Waals surface area contributed by atoms with Crippen molar-refractivity contribution in [3.63, 3.8) is 0 Å². The lowest BCUT2D eigenvalue weighted by Crippen LogP contribution is -2.54. The van der Waals surface area contributed by atoms with E-state index in [1.165, 1.54) is 17.8 Å². The number of thiophene rings is 1. The van der Waals surface area contributed by atoms with Crippen molar-refractivity contribution in [2.24, 2.45) is 0 Å². The van der Waals surface area contributed by atoms with Gasteiger partial charge >= 0.3 is 0 Å². The molecule has 1 saturated heterocycles. The van der Waals surface area contributed by atoms with Crippen LogP contribution in [0.1, 0.15) is 25.1 Å². The van der Waals surface area contributed by atoms with Crippen molar-refractivity contribution in [2.45, 2.75) is 38.9 Å². The highest BCUT2D eigenvalue weighted by Crippen LogP contribution is 2.16. The Morgan fingerprint density at radius 1 is 1.60 bits per heavy atom. The summed E-state index contributed by atoms with van der Waals surface area (Å²) in [5, 5.41) is 5.76. The van der Waals surface area contributed by atoms with Gasteiger partial charge in [0.05, 0.1) is 0 Å². The summed E-state index contributed by atoms with van der Waals surface area (Å²) in [4.78, 5) is 4.08. The summed E-state index contributed by atoms with van der Waals surface area (Å²) in [6.45, 7) is 8.01. The third-order valence-corrected chi connectivity index (χ3v) is 4.07. The molecule has 3 heteroatoms. The molecular weight excluding hydrogens is 204 g/mol. The van der Waals surface area contributed by atoms with Crippen LogP contribution in [0.2, 0.25) is 0 Å². The lowest BCUT2D eigenvalue weighted by molar-refractivity contribution is 0.133. The van der Waals surface area contributed by atoms with Crippen LogP contribution in [0.25, 0.3) is 0 Å². The molecule has 0 aliphatic carbocycles. The van der Waals surface area contributed by atoms with E-state index in [-0.39, 0.29) is 0 Å². The third-order valence-electron chi connectivity index (χ3n) is 3.21. The zero-order chi connectivity index (χ0) is 10.7. The zero-order valence-electron chi connectivity index (χ0n) is 9.57. The van der Waals surface area contributed by atoms with E-state index in [1.54, 1.807) is 0 Å². The molecule has 2 unspecified atom stereocenters. The predicted molar refractivity (Wildman–Crippen MR) is 66.3 cm³/mol. The SMILES string of the molecule is CCC1CN(Cc2cccs2)C(C)CN1. The second-order valence-corrected chi connectivity index (χ2v) is 5.40. The Kier molecular flexibility index (Phi) is 3.78. The monoisotopic (exact) mass is 224 g/mol. The molecule has 0 spiro atoms. The molecule has 1 aromatic rings. The Morgan fingerprint density at radius 2 is 2.47 bits per heavy atom. The van der Waals surface area contributed by atoms with Crippen molar-refractivity contribution < 1.29 is 0 Å². The molecule has 1 aliphatic rings. The molecule has 0 amide bonds. The van der Waals surface area contributed by atoms with Gasteiger partial charge in [-0.05, 0) is 24.8 Å². The first kappa shape index (κ1) is 11.1. The highest BCUT2D eigenvalue weighted by molar-refractivity contribution is 7.09. The van der Waals surface area contributed by atoms with Crippen molar-refractivity contribution >= 4 is 11.3 Å². The van der Waals surface area contributed by atoms with Gasteiger partial charge in [0.15, 0.2) is 0 Å². The quantitative estimate of drug-likeness (QED) is 0.847. The minimum absolute atomic E-state index is 0.662. The lowest BCUT2D eigenvalue weighted by atomic mass is 10.1. The molecule has 0 aromatic carbocycles. The third kappa shape index (κ3) is 2.80. The lowest BCUT2D eigenvalue weighted by Gasteiger charge is -2.38. The predicted octanol–water partition coefficient (Wildman–Crippen LogP) is 2.32.